The van der Waals surface area contributed by atoms with Gasteiger partial charge >= 0.3 is 0 Å². The molecular formula is C19H26ClN5O2. The third-order valence-corrected chi connectivity index (χ3v) is 5.23. The lowest BCUT2D eigenvalue weighted by atomic mass is 10.0. The molecule has 1 aromatic heterocycles. The molecule has 2 unspecified atom stereocenters. The van der Waals surface area contributed by atoms with Gasteiger partial charge in [0.2, 0.25) is 0 Å². The summed E-state index contributed by atoms with van der Waals surface area (Å²) in [5, 5.41) is 11.8. The minimum Gasteiger partial charge on any atom is -0.374 e. The molecule has 0 saturated carbocycles. The summed E-state index contributed by atoms with van der Waals surface area (Å²) in [4.78, 5) is 15.0. The van der Waals surface area contributed by atoms with Crippen molar-refractivity contribution in [3.05, 3.63) is 47.8 Å². The Hall–Kier alpha value is -1.96. The first-order valence-electron chi connectivity index (χ1n) is 9.32. The van der Waals surface area contributed by atoms with Gasteiger partial charge in [0.1, 0.15) is 0 Å². The number of benzene rings is 1. The maximum Gasteiger partial charge on any atom is 0.276 e. The number of amides is 1. The number of carbonyl (C=O) groups is 1. The largest absolute Gasteiger partial charge is 0.374 e. The summed E-state index contributed by atoms with van der Waals surface area (Å²) in [5.41, 5.74) is 1.50. The Morgan fingerprint density at radius 1 is 1.22 bits per heavy atom. The minimum atomic E-state index is -0.0936. The third-order valence-electron chi connectivity index (χ3n) is 5.23. The van der Waals surface area contributed by atoms with Gasteiger partial charge in [0.05, 0.1) is 31.0 Å². The first kappa shape index (κ1) is 19.8. The highest BCUT2D eigenvalue weighted by Crippen LogP contribution is 2.28. The van der Waals surface area contributed by atoms with Crippen LogP contribution in [-0.2, 0) is 4.74 Å². The normalized spacial score (nSPS) is 23.7. The zero-order valence-corrected chi connectivity index (χ0v) is 16.3. The van der Waals surface area contributed by atoms with Crippen LogP contribution >= 0.6 is 12.4 Å². The van der Waals surface area contributed by atoms with Crippen molar-refractivity contribution in [3.8, 4) is 0 Å². The van der Waals surface area contributed by atoms with Gasteiger partial charge in [-0.05, 0) is 38.4 Å². The molecule has 2 fully saturated rings. The van der Waals surface area contributed by atoms with E-state index < -0.39 is 0 Å². The second-order valence-corrected chi connectivity index (χ2v) is 7.09. The highest BCUT2D eigenvalue weighted by Gasteiger charge is 2.33. The van der Waals surface area contributed by atoms with Gasteiger partial charge in [0.25, 0.3) is 5.91 Å². The number of nitrogens with zero attached hydrogens (tertiary/aromatic N) is 4. The van der Waals surface area contributed by atoms with Gasteiger partial charge in [-0.1, -0.05) is 35.5 Å². The number of rotatable bonds is 3. The summed E-state index contributed by atoms with van der Waals surface area (Å²) in [6, 6.07) is 10.3. The van der Waals surface area contributed by atoms with Crippen LogP contribution in [0.4, 0.5) is 0 Å². The van der Waals surface area contributed by atoms with E-state index in [1.807, 2.05) is 46.8 Å². The fraction of sp³-hybridized carbons (Fsp3) is 0.526. The lowest BCUT2D eigenvalue weighted by molar-refractivity contribution is -0.0449. The van der Waals surface area contributed by atoms with Crippen LogP contribution in [0.2, 0.25) is 0 Å². The molecule has 0 spiro atoms. The Morgan fingerprint density at radius 3 is 2.70 bits per heavy atom. The van der Waals surface area contributed by atoms with E-state index in [0.29, 0.717) is 24.9 Å². The summed E-state index contributed by atoms with van der Waals surface area (Å²) in [5.74, 6) is -0.0748. The van der Waals surface area contributed by atoms with Crippen LogP contribution in [0, 0.1) is 0 Å². The maximum absolute atomic E-state index is 13.2. The summed E-state index contributed by atoms with van der Waals surface area (Å²) in [7, 11) is 0. The molecule has 3 heterocycles. The Morgan fingerprint density at radius 2 is 1.96 bits per heavy atom. The number of halogens is 1. The van der Waals surface area contributed by atoms with Gasteiger partial charge < -0.3 is 15.0 Å². The van der Waals surface area contributed by atoms with E-state index in [1.54, 1.807) is 6.20 Å². The Kier molecular flexibility index (Phi) is 6.46. The average molecular weight is 392 g/mol. The number of ether oxygens (including phenoxy) is 1. The van der Waals surface area contributed by atoms with Crippen molar-refractivity contribution < 1.29 is 9.53 Å². The van der Waals surface area contributed by atoms with E-state index >= 15 is 0 Å². The molecule has 7 nitrogen and oxygen atoms in total. The highest BCUT2D eigenvalue weighted by molar-refractivity contribution is 5.92. The molecule has 1 amide bonds. The molecule has 0 aliphatic carbocycles. The Balaban J connectivity index is 0.00000210. The van der Waals surface area contributed by atoms with E-state index in [2.05, 4.69) is 15.6 Å². The summed E-state index contributed by atoms with van der Waals surface area (Å²) in [6.07, 6.45) is 3.84. The van der Waals surface area contributed by atoms with Gasteiger partial charge in [0.15, 0.2) is 5.69 Å². The smallest absolute Gasteiger partial charge is 0.276 e. The summed E-state index contributed by atoms with van der Waals surface area (Å²) >= 11 is 0. The van der Waals surface area contributed by atoms with E-state index in [-0.39, 0.29) is 30.5 Å². The van der Waals surface area contributed by atoms with Crippen LogP contribution < -0.4 is 5.32 Å². The second kappa shape index (κ2) is 8.82. The SMILES string of the molecule is CC1CN(C(=O)c2cn(C3CCNCC3)nn2)C(c2ccccc2)CO1.Cl. The molecule has 0 bridgehead atoms. The predicted molar refractivity (Wildman–Crippen MR) is 104 cm³/mol. The molecule has 4 rings (SSSR count). The van der Waals surface area contributed by atoms with Crippen molar-refractivity contribution in [2.75, 3.05) is 26.2 Å². The molecule has 146 valence electrons. The molecule has 8 heteroatoms. The molecule has 2 saturated heterocycles. The molecule has 2 aliphatic heterocycles. The molecule has 2 aromatic rings. The van der Waals surface area contributed by atoms with Gasteiger partial charge in [-0.25, -0.2) is 4.68 Å². The number of aromatic nitrogens is 3. The number of carbonyl (C=O) groups excluding carboxylic acids is 1. The highest BCUT2D eigenvalue weighted by atomic mass is 35.5. The van der Waals surface area contributed by atoms with Crippen LogP contribution in [0.1, 0.15) is 47.9 Å². The number of piperidine rings is 1. The summed E-state index contributed by atoms with van der Waals surface area (Å²) < 4.78 is 7.68. The molecule has 0 radical (unpaired) electrons. The molecule has 27 heavy (non-hydrogen) atoms. The molecule has 2 aliphatic rings. The van der Waals surface area contributed by atoms with Crippen LogP contribution in [0.3, 0.4) is 0 Å². The van der Waals surface area contributed by atoms with Crippen molar-refractivity contribution in [1.82, 2.24) is 25.2 Å². The molecule has 1 aromatic carbocycles. The lowest BCUT2D eigenvalue weighted by Gasteiger charge is -2.38. The first-order chi connectivity index (χ1) is 12.7. The van der Waals surface area contributed by atoms with Crippen molar-refractivity contribution >= 4 is 18.3 Å². The Bertz CT molecular complexity index is 748. The number of morpholine rings is 1. The van der Waals surface area contributed by atoms with Crippen molar-refractivity contribution in [3.63, 3.8) is 0 Å². The number of hydrogen-bond donors (Lipinski definition) is 1. The number of hydrogen-bond acceptors (Lipinski definition) is 5. The van der Waals surface area contributed by atoms with E-state index in [0.717, 1.165) is 31.5 Å². The number of nitrogens with one attached hydrogen (secondary N) is 1. The molecular weight excluding hydrogens is 366 g/mol. The quantitative estimate of drug-likeness (QED) is 0.868. The van der Waals surface area contributed by atoms with Crippen molar-refractivity contribution in [2.45, 2.75) is 38.0 Å². The molecule has 1 N–H and O–H groups in total. The fourth-order valence-electron chi connectivity index (χ4n) is 3.75. The minimum absolute atomic E-state index is 0. The third kappa shape index (κ3) is 4.31. The standard InChI is InChI=1S/C19H25N5O2.ClH/c1-14-11-23(18(13-26-14)15-5-3-2-4-6-15)19(25)17-12-24(22-21-17)16-7-9-20-10-8-16;/h2-6,12,14,16,18,20H,7-11,13H2,1H3;1H. The van der Waals surface area contributed by atoms with Gasteiger partial charge in [-0.2, -0.15) is 0 Å². The van der Waals surface area contributed by atoms with E-state index in [4.69, 9.17) is 4.74 Å². The predicted octanol–water partition coefficient (Wildman–Crippen LogP) is 2.23. The van der Waals surface area contributed by atoms with E-state index in [1.165, 1.54) is 0 Å². The van der Waals surface area contributed by atoms with Crippen LogP contribution in [0.25, 0.3) is 0 Å². The van der Waals surface area contributed by atoms with Gasteiger partial charge in [-0.15, -0.1) is 17.5 Å². The van der Waals surface area contributed by atoms with Crippen molar-refractivity contribution in [1.29, 1.82) is 0 Å². The van der Waals surface area contributed by atoms with Gasteiger partial charge in [-0.3, -0.25) is 4.79 Å². The second-order valence-electron chi connectivity index (χ2n) is 7.09. The van der Waals surface area contributed by atoms with Gasteiger partial charge in [0, 0.05) is 6.54 Å². The van der Waals surface area contributed by atoms with Crippen LogP contribution in [-0.4, -0.2) is 58.1 Å². The fourth-order valence-corrected chi connectivity index (χ4v) is 3.75. The lowest BCUT2D eigenvalue weighted by Crippen LogP contribution is -2.46. The topological polar surface area (TPSA) is 72.3 Å². The summed E-state index contributed by atoms with van der Waals surface area (Å²) in [6.45, 7) is 5.00. The first-order valence-corrected chi connectivity index (χ1v) is 9.32. The zero-order valence-electron chi connectivity index (χ0n) is 15.5. The zero-order chi connectivity index (χ0) is 17.9. The average Bonchev–Trinajstić information content (AvgIpc) is 3.19. The van der Waals surface area contributed by atoms with Crippen LogP contribution in [0.15, 0.2) is 36.5 Å². The van der Waals surface area contributed by atoms with Crippen molar-refractivity contribution in [2.24, 2.45) is 0 Å². The Labute approximate surface area is 165 Å². The molecule has 2 atom stereocenters. The monoisotopic (exact) mass is 391 g/mol. The maximum atomic E-state index is 13.2. The van der Waals surface area contributed by atoms with Crippen LogP contribution in [0.5, 0.6) is 0 Å². The van der Waals surface area contributed by atoms with E-state index in [9.17, 15) is 4.79 Å².